The predicted molar refractivity (Wildman–Crippen MR) is 276 cm³/mol. The molecule has 1 aromatic rings. The predicted octanol–water partition coefficient (Wildman–Crippen LogP) is 8.97. The molecule has 2 unspecified atom stereocenters. The lowest BCUT2D eigenvalue weighted by Crippen LogP contribution is -2.43. The molecule has 358 valence electrons. The monoisotopic (exact) mass is 939 g/mol. The number of ketones is 1. The Morgan fingerprint density at radius 2 is 1.32 bits per heavy atom. The van der Waals surface area contributed by atoms with Crippen LogP contribution in [0, 0.1) is 5.41 Å². The van der Waals surface area contributed by atoms with Gasteiger partial charge in [-0.1, -0.05) is 66.2 Å². The number of carbonyl (C=O) groups excluding carboxylic acids is 3. The van der Waals surface area contributed by atoms with Crippen LogP contribution in [0.5, 0.6) is 0 Å². The number of hydrogen-bond donors (Lipinski definition) is 6. The molecule has 3 fully saturated rings. The van der Waals surface area contributed by atoms with Crippen molar-refractivity contribution in [2.45, 2.75) is 188 Å². The van der Waals surface area contributed by atoms with E-state index in [1.165, 1.54) is 38.5 Å². The second-order valence-electron chi connectivity index (χ2n) is 21.1. The molecule has 1 aromatic carbocycles. The second kappa shape index (κ2) is 20.0. The number of thiocarbonyl (C=S) groups is 2. The van der Waals surface area contributed by atoms with E-state index in [0.29, 0.717) is 57.9 Å². The zero-order chi connectivity index (χ0) is 47.8. The summed E-state index contributed by atoms with van der Waals surface area (Å²) in [5, 5.41) is 29.7. The van der Waals surface area contributed by atoms with Crippen LogP contribution in [0.15, 0.2) is 57.5 Å². The van der Waals surface area contributed by atoms with Crippen LogP contribution >= 0.6 is 24.4 Å². The number of amides is 2. The van der Waals surface area contributed by atoms with Gasteiger partial charge in [0, 0.05) is 95.5 Å². The van der Waals surface area contributed by atoms with Gasteiger partial charge in [0.15, 0.2) is 10.2 Å². The number of fused-ring (bicyclic) bond motifs is 2. The average Bonchev–Trinajstić information content (AvgIpc) is 3.57. The van der Waals surface area contributed by atoms with Gasteiger partial charge in [0.05, 0.1) is 22.5 Å². The Balaban J connectivity index is 1.22. The number of nitrogens with zero attached hydrogens (tertiary/aromatic N) is 3. The molecule has 14 heteroatoms. The summed E-state index contributed by atoms with van der Waals surface area (Å²) in [5.41, 5.74) is 5.26. The molecule has 6 aliphatic rings. The number of aliphatic hydroxyl groups is 1. The lowest BCUT2D eigenvalue weighted by molar-refractivity contribution is -0.118. The van der Waals surface area contributed by atoms with Crippen molar-refractivity contribution < 1.29 is 19.5 Å². The number of hydrogen-bond acceptors (Lipinski definition) is 8. The Labute approximate surface area is 404 Å². The van der Waals surface area contributed by atoms with Crippen LogP contribution in [0.4, 0.5) is 11.4 Å². The molecule has 2 amide bonds. The fourth-order valence-corrected chi connectivity index (χ4v) is 11.6. The molecular weight excluding hydrogens is 865 g/mol. The van der Waals surface area contributed by atoms with Gasteiger partial charge in [-0.3, -0.25) is 14.4 Å². The van der Waals surface area contributed by atoms with Crippen LogP contribution < -0.4 is 31.5 Å². The summed E-state index contributed by atoms with van der Waals surface area (Å²) in [7, 11) is 0. The third kappa shape index (κ3) is 9.87. The number of nitrogens with one attached hydrogen (secondary N) is 5. The van der Waals surface area contributed by atoms with Gasteiger partial charge in [0.1, 0.15) is 5.76 Å². The highest BCUT2D eigenvalue weighted by atomic mass is 32.1. The van der Waals surface area contributed by atoms with Crippen molar-refractivity contribution >= 4 is 74.9 Å². The van der Waals surface area contributed by atoms with Gasteiger partial charge < -0.3 is 41.5 Å². The molecule has 0 spiro atoms. The Morgan fingerprint density at radius 1 is 0.773 bits per heavy atom. The Bertz CT molecular complexity index is 2290. The summed E-state index contributed by atoms with van der Waals surface area (Å²) in [4.78, 5) is 51.8. The van der Waals surface area contributed by atoms with Gasteiger partial charge in [-0.15, -0.1) is 0 Å². The molecular formula is C52H74N8O4S2. The second-order valence-corrected chi connectivity index (χ2v) is 21.9. The van der Waals surface area contributed by atoms with E-state index in [1.54, 1.807) is 0 Å². The first-order valence-corrected chi connectivity index (χ1v) is 25.5. The number of Topliss-reactive ketones (excluding diaryl/α,β-unsaturated/α-hetero) is 1. The Kier molecular flexibility index (Phi) is 14.9. The van der Waals surface area contributed by atoms with E-state index in [9.17, 15) is 19.5 Å². The first-order valence-electron chi connectivity index (χ1n) is 24.6. The molecule has 0 aromatic heterocycles. The molecule has 1 saturated heterocycles. The fourth-order valence-electron chi connectivity index (χ4n) is 11.1. The average molecular weight is 939 g/mol. The molecule has 0 radical (unpaired) electrons. The van der Waals surface area contributed by atoms with E-state index >= 15 is 0 Å². The molecule has 2 heterocycles. The van der Waals surface area contributed by atoms with Gasteiger partial charge >= 0.3 is 0 Å². The molecule has 4 aliphatic carbocycles. The number of carbonyl (C=O) groups is 3. The van der Waals surface area contributed by atoms with Gasteiger partial charge in [0.25, 0.3) is 0 Å². The van der Waals surface area contributed by atoms with Gasteiger partial charge in [-0.25, -0.2) is 4.99 Å². The zero-order valence-electron chi connectivity index (χ0n) is 41.0. The maximum absolute atomic E-state index is 14.9. The van der Waals surface area contributed by atoms with Crippen LogP contribution in [0.1, 0.15) is 157 Å². The van der Waals surface area contributed by atoms with Crippen molar-refractivity contribution in [3.8, 4) is 0 Å². The highest BCUT2D eigenvalue weighted by Crippen LogP contribution is 2.53. The molecule has 2 saturated carbocycles. The molecule has 6 N–H and O–H groups in total. The van der Waals surface area contributed by atoms with Crippen LogP contribution in [-0.2, 0) is 19.8 Å². The normalized spacial score (nSPS) is 24.5. The number of benzene rings is 1. The standard InChI is InChI=1S/C52H74N8O4S2/c1-29(2)59-31(5)51(7,8)37-25-35(39(27-41(37)59)57-43(61)21-23-53-49(65)55-33-17-13-11-14-18-33)45-47(63)46(48(45)64)36-26-38-42(60(30(3)4)32(6)52(38,9)10)28-40(36)58-44(62)22-24-54-50(66)56-34-19-15-12-16-20-34/h25-34,63H,11-24H2,1-10H3,(H,57,61)(H2,53,55,65)(H2,54,56,66). The topological polar surface area (TPSA) is 150 Å². The van der Waals surface area contributed by atoms with Crippen molar-refractivity contribution in [1.29, 1.82) is 0 Å². The number of aliphatic imine (C=N–C) groups is 1. The summed E-state index contributed by atoms with van der Waals surface area (Å²) in [6.45, 7) is 22.4. The van der Waals surface area contributed by atoms with Crippen molar-refractivity contribution in [3.63, 3.8) is 0 Å². The number of rotatable bonds is 12. The molecule has 2 aliphatic heterocycles. The number of anilines is 2. The van der Waals surface area contributed by atoms with Crippen molar-refractivity contribution in [2.75, 3.05) is 23.3 Å². The highest BCUT2D eigenvalue weighted by Gasteiger charge is 2.49. The van der Waals surface area contributed by atoms with E-state index in [2.05, 4.69) is 111 Å². The largest absolute Gasteiger partial charge is 0.506 e. The summed E-state index contributed by atoms with van der Waals surface area (Å²) in [6.07, 6.45) is 15.7. The number of aliphatic hydroxyl groups excluding tert-OH is 1. The Hall–Kier alpha value is -4.56. The van der Waals surface area contributed by atoms with Crippen molar-refractivity contribution in [1.82, 2.24) is 26.2 Å². The van der Waals surface area contributed by atoms with E-state index < -0.39 is 0 Å². The highest BCUT2D eigenvalue weighted by molar-refractivity contribution is 7.80. The molecule has 12 nitrogen and oxygen atoms in total. The lowest BCUT2D eigenvalue weighted by Gasteiger charge is -2.34. The van der Waals surface area contributed by atoms with Gasteiger partial charge in [-0.2, -0.15) is 0 Å². The summed E-state index contributed by atoms with van der Waals surface area (Å²) >= 11 is 11.1. The summed E-state index contributed by atoms with van der Waals surface area (Å²) in [5.74, 6) is -1.17. The molecule has 0 bridgehead atoms. The van der Waals surface area contributed by atoms with Crippen LogP contribution in [0.2, 0.25) is 0 Å². The van der Waals surface area contributed by atoms with Crippen LogP contribution in [0.3, 0.4) is 0 Å². The summed E-state index contributed by atoms with van der Waals surface area (Å²) < 4.78 is 0. The third-order valence-corrected chi connectivity index (χ3v) is 15.9. The fraction of sp³-hybridized carbons (Fsp3) is 0.615. The van der Waals surface area contributed by atoms with Gasteiger partial charge in [-0.05, 0) is 127 Å². The Morgan fingerprint density at radius 3 is 1.86 bits per heavy atom. The first kappa shape index (κ1) is 49.3. The van der Waals surface area contributed by atoms with Crippen LogP contribution in [0.25, 0.3) is 5.57 Å². The van der Waals surface area contributed by atoms with E-state index in [4.69, 9.17) is 24.4 Å². The SMILES string of the molecule is CC(C)N1C2=CC(=NC(=O)CCNC(=S)NC3CCCCC3)C(=C3C(=O)C(c4cc5c(cc4NC(=O)CCNC(=S)NC4CCCCC4)N(C(C)C)C(C)C5(C)C)=C3O)C=C2C(C)(C)C1C. The first-order chi connectivity index (χ1) is 31.2. The summed E-state index contributed by atoms with van der Waals surface area (Å²) in [6, 6.07) is 5.21. The minimum Gasteiger partial charge on any atom is -0.506 e. The maximum Gasteiger partial charge on any atom is 0.248 e. The zero-order valence-corrected chi connectivity index (χ0v) is 42.6. The smallest absolute Gasteiger partial charge is 0.248 e. The molecule has 7 rings (SSSR count). The quantitative estimate of drug-likeness (QED) is 0.0878. The van der Waals surface area contributed by atoms with Crippen molar-refractivity contribution in [2.24, 2.45) is 10.4 Å². The maximum atomic E-state index is 14.9. The minimum absolute atomic E-state index is 0.0906. The molecule has 2 atom stereocenters. The van der Waals surface area contributed by atoms with Gasteiger partial charge in [0.2, 0.25) is 17.6 Å². The minimum atomic E-state index is -0.373. The van der Waals surface area contributed by atoms with E-state index in [-0.39, 0.29) is 82.3 Å². The molecule has 66 heavy (non-hydrogen) atoms. The third-order valence-electron chi connectivity index (χ3n) is 15.4. The van der Waals surface area contributed by atoms with Crippen molar-refractivity contribution in [3.05, 3.63) is 63.6 Å². The van der Waals surface area contributed by atoms with Crippen LogP contribution in [-0.4, -0.2) is 92.9 Å². The number of likely N-dealkylation sites (tertiary alicyclic amines) is 1. The van der Waals surface area contributed by atoms with E-state index in [0.717, 1.165) is 48.2 Å². The number of allylic oxidation sites excluding steroid dienone is 6. The lowest BCUT2D eigenvalue weighted by atomic mass is 9.73. The van der Waals surface area contributed by atoms with E-state index in [1.807, 2.05) is 24.3 Å².